The molecule has 0 bridgehead atoms. The van der Waals surface area contributed by atoms with Gasteiger partial charge >= 0.3 is 0 Å². The van der Waals surface area contributed by atoms with Crippen LogP contribution in [0.15, 0.2) is 89.0 Å². The van der Waals surface area contributed by atoms with Crippen molar-refractivity contribution in [1.82, 2.24) is 10.2 Å². The zero-order valence-corrected chi connectivity index (χ0v) is 40.0. The van der Waals surface area contributed by atoms with E-state index in [0.717, 1.165) is 64.2 Å². The number of nitrogens with one attached hydrogen (secondary N) is 1. The number of benzene rings is 4. The maximum atomic E-state index is 12.2. The third-order valence-corrected chi connectivity index (χ3v) is 11.6. The van der Waals surface area contributed by atoms with Crippen LogP contribution in [0.1, 0.15) is 82.1 Å². The summed E-state index contributed by atoms with van der Waals surface area (Å²) in [5.41, 5.74) is 12.7. The van der Waals surface area contributed by atoms with E-state index in [1.54, 1.807) is 38.7 Å². The highest BCUT2D eigenvalue weighted by atomic mass is 16.5. The molecule has 2 heterocycles. The number of ether oxygens (including phenoxy) is 7. The van der Waals surface area contributed by atoms with Crippen LogP contribution < -0.4 is 39.5 Å². The van der Waals surface area contributed by atoms with Crippen LogP contribution in [0.25, 0.3) is 17.2 Å². The number of amides is 2. The first kappa shape index (κ1) is 49.8. The lowest BCUT2D eigenvalue weighted by atomic mass is 9.94. The number of hydrogen-bond acceptors (Lipinski definition) is 12. The number of methoxy groups -OCH3 is 3. The van der Waals surface area contributed by atoms with Gasteiger partial charge < -0.3 is 49.1 Å². The van der Waals surface area contributed by atoms with Crippen molar-refractivity contribution in [2.75, 3.05) is 47.8 Å². The Hall–Kier alpha value is -6.64. The lowest BCUT2D eigenvalue weighted by Crippen LogP contribution is -2.35. The second kappa shape index (κ2) is 23.2. The molecule has 2 unspecified atom stereocenters. The van der Waals surface area contributed by atoms with E-state index in [9.17, 15) is 9.59 Å². The van der Waals surface area contributed by atoms with Crippen LogP contribution in [-0.4, -0.2) is 101 Å². The van der Waals surface area contributed by atoms with Gasteiger partial charge in [0.25, 0.3) is 0 Å². The van der Waals surface area contributed by atoms with E-state index in [4.69, 9.17) is 48.9 Å². The van der Waals surface area contributed by atoms with Gasteiger partial charge in [-0.25, -0.2) is 0 Å². The second-order valence-corrected chi connectivity index (χ2v) is 17.9. The van der Waals surface area contributed by atoms with Gasteiger partial charge in [0.2, 0.25) is 12.8 Å². The summed E-state index contributed by atoms with van der Waals surface area (Å²) in [5, 5.41) is 2.86. The molecular formula is C53H65N5O9. The Morgan fingerprint density at radius 3 is 2.06 bits per heavy atom. The summed E-state index contributed by atoms with van der Waals surface area (Å²) in [5.74, 6) is 3.74. The van der Waals surface area contributed by atoms with Crippen LogP contribution in [-0.2, 0) is 14.3 Å². The number of nitrogens with two attached hydrogens (primary N) is 1. The van der Waals surface area contributed by atoms with Gasteiger partial charge in [0.15, 0.2) is 23.0 Å². The molecule has 2 aliphatic heterocycles. The summed E-state index contributed by atoms with van der Waals surface area (Å²) in [6.45, 7) is 11.9. The summed E-state index contributed by atoms with van der Waals surface area (Å²) in [6, 6.07) is 22.7. The van der Waals surface area contributed by atoms with E-state index in [-0.39, 0.29) is 23.2 Å². The molecule has 2 aliphatic rings. The van der Waals surface area contributed by atoms with Crippen molar-refractivity contribution in [3.63, 3.8) is 0 Å². The van der Waals surface area contributed by atoms with Crippen molar-refractivity contribution in [2.24, 2.45) is 15.7 Å². The lowest BCUT2D eigenvalue weighted by molar-refractivity contribution is -0.116. The van der Waals surface area contributed by atoms with Crippen LogP contribution in [0.4, 0.5) is 11.4 Å². The highest BCUT2D eigenvalue weighted by molar-refractivity contribution is 5.91. The minimum atomic E-state index is -0.325. The predicted molar refractivity (Wildman–Crippen MR) is 265 cm³/mol. The zero-order chi connectivity index (χ0) is 48.0. The minimum Gasteiger partial charge on any atom is -0.497 e. The molecule has 14 heteroatoms. The number of fused-ring (bicyclic) bond motifs is 1. The van der Waals surface area contributed by atoms with E-state index in [2.05, 4.69) is 25.2 Å². The van der Waals surface area contributed by atoms with Gasteiger partial charge in [0, 0.05) is 67.7 Å². The molecular weight excluding hydrogens is 851 g/mol. The molecule has 0 aliphatic carbocycles. The Bertz CT molecular complexity index is 2420. The van der Waals surface area contributed by atoms with Crippen molar-refractivity contribution >= 4 is 53.8 Å². The monoisotopic (exact) mass is 915 g/mol. The molecule has 0 spiro atoms. The third-order valence-electron chi connectivity index (χ3n) is 11.6. The van der Waals surface area contributed by atoms with Gasteiger partial charge in [0.05, 0.1) is 70.2 Å². The van der Waals surface area contributed by atoms with E-state index < -0.39 is 0 Å². The average Bonchev–Trinajstić information content (AvgIpc) is 3.72. The van der Waals surface area contributed by atoms with Crippen LogP contribution in [0.5, 0.6) is 34.5 Å². The molecule has 0 saturated heterocycles. The van der Waals surface area contributed by atoms with Crippen molar-refractivity contribution in [1.29, 1.82) is 0 Å². The van der Waals surface area contributed by atoms with Crippen LogP contribution in [0.2, 0.25) is 0 Å². The molecule has 356 valence electrons. The van der Waals surface area contributed by atoms with Crippen molar-refractivity contribution < 1.29 is 42.7 Å². The maximum Gasteiger partial charge on any atom is 0.214 e. The molecule has 2 atom stereocenters. The molecule has 0 aromatic heterocycles. The Balaban J connectivity index is 1.04. The number of nitrogens with zero attached hydrogens (tertiary/aromatic N) is 3. The van der Waals surface area contributed by atoms with Gasteiger partial charge in [0.1, 0.15) is 11.5 Å². The summed E-state index contributed by atoms with van der Waals surface area (Å²) in [7, 11) is 4.84. The summed E-state index contributed by atoms with van der Waals surface area (Å²) in [6.07, 6.45) is 12.2. The Labute approximate surface area is 394 Å². The molecule has 0 saturated carbocycles. The maximum absolute atomic E-state index is 12.2. The van der Waals surface area contributed by atoms with E-state index in [1.165, 1.54) is 0 Å². The predicted octanol–water partition coefficient (Wildman–Crippen LogP) is 9.30. The fraction of sp³-hybridized carbons (Fsp3) is 0.396. The van der Waals surface area contributed by atoms with Gasteiger partial charge in [-0.2, -0.15) is 0 Å². The first-order valence-corrected chi connectivity index (χ1v) is 22.6. The molecule has 4 aromatic rings. The number of carbonyl (C=O) groups is 2. The smallest absolute Gasteiger partial charge is 0.214 e. The highest BCUT2D eigenvalue weighted by Crippen LogP contribution is 2.40. The van der Waals surface area contributed by atoms with Gasteiger partial charge in [-0.3, -0.25) is 19.6 Å². The lowest BCUT2D eigenvalue weighted by Gasteiger charge is -2.27. The highest BCUT2D eigenvalue weighted by Gasteiger charge is 2.25. The molecule has 14 nitrogen and oxygen atoms in total. The first-order chi connectivity index (χ1) is 32.2. The summed E-state index contributed by atoms with van der Waals surface area (Å²) in [4.78, 5) is 34.8. The first-order valence-electron chi connectivity index (χ1n) is 22.6. The molecule has 0 radical (unpaired) electrons. The van der Waals surface area contributed by atoms with Gasteiger partial charge in [-0.15, -0.1) is 0 Å². The third kappa shape index (κ3) is 14.2. The molecule has 2 amide bonds. The second-order valence-electron chi connectivity index (χ2n) is 17.9. The van der Waals surface area contributed by atoms with Crippen LogP contribution in [0, 0.1) is 6.92 Å². The van der Waals surface area contributed by atoms with E-state index >= 15 is 0 Å². The minimum absolute atomic E-state index is 0.262. The number of rotatable bonds is 24. The standard InChI is InChI=1S/C53H65N5O9/c1-36-24-48(62-7)50(29-46(36)56-32-43-27-41(33-58(43)35-60)38-12-16-45(17-13-38)64-22-19-53(4,5)67-23-18-52(2,3)54)65-20-9-21-66-51-30-47-40(28-49(51)63-8)25-39(26-42(31-55-47)57-34-59)37-10-14-44(61-6)15-11-37/h10-17,24-25,28-35,42-43H,9,18-23,26-27,54H2,1-8H3,(H,57,59)/b39-25+,55-31?,56-32?. The number of aryl methyl sites for hydroxylation is 1. The Kier molecular flexibility index (Phi) is 17.2. The molecule has 4 aromatic carbocycles. The Morgan fingerprint density at radius 1 is 0.761 bits per heavy atom. The number of carbonyl (C=O) groups excluding carboxylic acids is 2. The normalized spacial score (nSPS) is 16.8. The largest absolute Gasteiger partial charge is 0.497 e. The molecule has 3 N–H and O–H groups in total. The zero-order valence-electron chi connectivity index (χ0n) is 40.0. The van der Waals surface area contributed by atoms with Crippen LogP contribution in [0.3, 0.4) is 0 Å². The number of aliphatic imine (C=N–C) groups is 2. The van der Waals surface area contributed by atoms with Crippen molar-refractivity contribution in [2.45, 2.75) is 89.9 Å². The molecule has 0 fully saturated rings. The average molecular weight is 916 g/mol. The van der Waals surface area contributed by atoms with E-state index in [1.807, 2.05) is 99.8 Å². The molecule has 67 heavy (non-hydrogen) atoms. The number of hydrogen-bond donors (Lipinski definition) is 2. The SMILES string of the molecule is COc1ccc(/C2=C/c3cc(OC)c(OCCCOc4cc(N=CC5CC(c6ccc(OCCC(C)(C)OCCC(C)(C)N)cc6)=CN5C=O)c(C)cc4OC)cc3N=CC(NC=O)C2)cc1. The topological polar surface area (TPSA) is 165 Å². The van der Waals surface area contributed by atoms with Crippen molar-refractivity contribution in [3.8, 4) is 34.5 Å². The van der Waals surface area contributed by atoms with Crippen molar-refractivity contribution in [3.05, 3.63) is 101 Å². The fourth-order valence-electron chi connectivity index (χ4n) is 7.55. The fourth-order valence-corrected chi connectivity index (χ4v) is 7.55. The summed E-state index contributed by atoms with van der Waals surface area (Å²) >= 11 is 0. The van der Waals surface area contributed by atoms with E-state index in [0.29, 0.717) is 86.5 Å². The van der Waals surface area contributed by atoms with Gasteiger partial charge in [-0.05, 0) is 118 Å². The Morgan fingerprint density at radius 2 is 1.42 bits per heavy atom. The van der Waals surface area contributed by atoms with Gasteiger partial charge in [-0.1, -0.05) is 24.3 Å². The molecule has 6 rings (SSSR count). The summed E-state index contributed by atoms with van der Waals surface area (Å²) < 4.78 is 41.4. The van der Waals surface area contributed by atoms with Crippen LogP contribution >= 0.6 is 0 Å². The quantitative estimate of drug-likeness (QED) is 0.0393.